The number of hydrogen-bond acceptors (Lipinski definition) is 3. The van der Waals surface area contributed by atoms with Gasteiger partial charge in [0.25, 0.3) is 0 Å². The van der Waals surface area contributed by atoms with Crippen LogP contribution in [0.2, 0.25) is 0 Å². The molecule has 1 rings (SSSR count). The molecule has 0 atom stereocenters. The molecular weight excluding hydrogens is 261 g/mol. The van der Waals surface area contributed by atoms with Crippen molar-refractivity contribution in [3.05, 3.63) is 35.1 Å². The molecule has 0 bridgehead atoms. The van der Waals surface area contributed by atoms with E-state index < -0.39 is 0 Å². The zero-order valence-electron chi connectivity index (χ0n) is 11.4. The molecule has 0 fully saturated rings. The highest BCUT2D eigenvalue weighted by atomic mass is 19.1. The standard InChI is InChI=1S/C15H18FNO3/c1-3-6-19-7-8-20-11-15(18)17-10-13-9-14(16)5-4-12(13)2/h1,4-5,9H,6-8,10-11H2,2H3,(H,17,18). The van der Waals surface area contributed by atoms with E-state index in [9.17, 15) is 9.18 Å². The molecule has 5 heteroatoms. The minimum atomic E-state index is -0.318. The minimum Gasteiger partial charge on any atom is -0.369 e. The summed E-state index contributed by atoms with van der Waals surface area (Å²) in [4.78, 5) is 11.5. The molecule has 0 aliphatic carbocycles. The highest BCUT2D eigenvalue weighted by Crippen LogP contribution is 2.09. The minimum absolute atomic E-state index is 0.0617. The molecule has 1 N–H and O–H groups in total. The van der Waals surface area contributed by atoms with Crippen molar-refractivity contribution in [2.45, 2.75) is 13.5 Å². The molecule has 0 aliphatic heterocycles. The SMILES string of the molecule is C#CCOCCOCC(=O)NCc1cc(F)ccc1C. The average Bonchev–Trinajstić information content (AvgIpc) is 2.43. The third-order valence-corrected chi connectivity index (χ3v) is 2.58. The van der Waals surface area contributed by atoms with Crippen LogP contribution in [0.1, 0.15) is 11.1 Å². The Bertz CT molecular complexity index is 482. The largest absolute Gasteiger partial charge is 0.369 e. The van der Waals surface area contributed by atoms with E-state index in [0.29, 0.717) is 13.2 Å². The molecule has 0 saturated heterocycles. The van der Waals surface area contributed by atoms with E-state index >= 15 is 0 Å². The second-order valence-electron chi connectivity index (χ2n) is 4.16. The van der Waals surface area contributed by atoms with Crippen LogP contribution in [0.15, 0.2) is 18.2 Å². The molecule has 0 spiro atoms. The molecule has 108 valence electrons. The van der Waals surface area contributed by atoms with Crippen LogP contribution in [0.3, 0.4) is 0 Å². The van der Waals surface area contributed by atoms with E-state index in [1.807, 2.05) is 6.92 Å². The molecule has 4 nitrogen and oxygen atoms in total. The quantitative estimate of drug-likeness (QED) is 0.578. The second kappa shape index (κ2) is 9.08. The van der Waals surface area contributed by atoms with Crippen LogP contribution in [0, 0.1) is 25.1 Å². The number of aryl methyl sites for hydroxylation is 1. The van der Waals surface area contributed by atoms with Gasteiger partial charge >= 0.3 is 0 Å². The molecule has 0 aromatic heterocycles. The summed E-state index contributed by atoms with van der Waals surface area (Å²) in [6.07, 6.45) is 5.00. The van der Waals surface area contributed by atoms with Crippen molar-refractivity contribution >= 4 is 5.91 Å². The lowest BCUT2D eigenvalue weighted by atomic mass is 10.1. The number of terminal acetylenes is 1. The monoisotopic (exact) mass is 279 g/mol. The zero-order chi connectivity index (χ0) is 14.8. The zero-order valence-corrected chi connectivity index (χ0v) is 11.4. The predicted octanol–water partition coefficient (Wildman–Crippen LogP) is 1.42. The highest BCUT2D eigenvalue weighted by molar-refractivity contribution is 5.77. The van der Waals surface area contributed by atoms with E-state index in [1.54, 1.807) is 6.07 Å². The Kier molecular flexibility index (Phi) is 7.33. The summed E-state index contributed by atoms with van der Waals surface area (Å²) in [5.41, 5.74) is 1.67. The van der Waals surface area contributed by atoms with Crippen molar-refractivity contribution in [3.63, 3.8) is 0 Å². The van der Waals surface area contributed by atoms with Crippen LogP contribution in [-0.2, 0) is 20.8 Å². The van der Waals surface area contributed by atoms with Crippen molar-refractivity contribution in [1.29, 1.82) is 0 Å². The Morgan fingerprint density at radius 2 is 2.15 bits per heavy atom. The fourth-order valence-electron chi connectivity index (χ4n) is 1.49. The van der Waals surface area contributed by atoms with Gasteiger partial charge in [0.15, 0.2) is 0 Å². The molecule has 0 saturated carbocycles. The Morgan fingerprint density at radius 1 is 1.40 bits per heavy atom. The lowest BCUT2D eigenvalue weighted by Crippen LogP contribution is -2.28. The number of rotatable bonds is 8. The fourth-order valence-corrected chi connectivity index (χ4v) is 1.49. The third-order valence-electron chi connectivity index (χ3n) is 2.58. The van der Waals surface area contributed by atoms with Crippen LogP contribution in [0.4, 0.5) is 4.39 Å². The summed E-state index contributed by atoms with van der Waals surface area (Å²) < 4.78 is 23.1. The Labute approximate surface area is 118 Å². The maximum absolute atomic E-state index is 13.1. The number of amides is 1. The van der Waals surface area contributed by atoms with E-state index in [0.717, 1.165) is 11.1 Å². The molecule has 20 heavy (non-hydrogen) atoms. The number of nitrogens with one attached hydrogen (secondary N) is 1. The average molecular weight is 279 g/mol. The van der Waals surface area contributed by atoms with Crippen LogP contribution in [-0.4, -0.2) is 32.3 Å². The summed E-state index contributed by atoms with van der Waals surface area (Å²) in [7, 11) is 0. The van der Waals surface area contributed by atoms with Crippen LogP contribution in [0.5, 0.6) is 0 Å². The van der Waals surface area contributed by atoms with Gasteiger partial charge in [0.2, 0.25) is 5.91 Å². The normalized spacial score (nSPS) is 10.1. The number of hydrogen-bond donors (Lipinski definition) is 1. The van der Waals surface area contributed by atoms with Gasteiger partial charge in [-0.3, -0.25) is 4.79 Å². The van der Waals surface area contributed by atoms with E-state index in [2.05, 4.69) is 11.2 Å². The Morgan fingerprint density at radius 3 is 2.90 bits per heavy atom. The summed E-state index contributed by atoms with van der Waals surface area (Å²) >= 11 is 0. The number of carbonyl (C=O) groups excluding carboxylic acids is 1. The topological polar surface area (TPSA) is 47.6 Å². The smallest absolute Gasteiger partial charge is 0.246 e. The summed E-state index contributed by atoms with van der Waals surface area (Å²) in [6, 6.07) is 4.47. The van der Waals surface area contributed by atoms with Gasteiger partial charge in [-0.2, -0.15) is 0 Å². The molecule has 0 heterocycles. The van der Waals surface area contributed by atoms with Gasteiger partial charge in [0, 0.05) is 6.54 Å². The lowest BCUT2D eigenvalue weighted by Gasteiger charge is -2.08. The van der Waals surface area contributed by atoms with Crippen molar-refractivity contribution in [2.75, 3.05) is 26.4 Å². The predicted molar refractivity (Wildman–Crippen MR) is 73.5 cm³/mol. The molecular formula is C15H18FNO3. The summed E-state index contributed by atoms with van der Waals surface area (Å²) in [6.45, 7) is 2.95. The molecule has 1 aromatic rings. The fraction of sp³-hybridized carbons (Fsp3) is 0.400. The lowest BCUT2D eigenvalue weighted by molar-refractivity contribution is -0.126. The van der Waals surface area contributed by atoms with Gasteiger partial charge in [-0.1, -0.05) is 12.0 Å². The van der Waals surface area contributed by atoms with Crippen LogP contribution in [0.25, 0.3) is 0 Å². The number of benzene rings is 1. The van der Waals surface area contributed by atoms with Crippen molar-refractivity contribution < 1.29 is 18.7 Å². The molecule has 1 amide bonds. The van der Waals surface area contributed by atoms with E-state index in [-0.39, 0.29) is 31.5 Å². The summed E-state index contributed by atoms with van der Waals surface area (Å²) in [5, 5.41) is 2.67. The van der Waals surface area contributed by atoms with Gasteiger partial charge in [-0.25, -0.2) is 4.39 Å². The molecule has 0 radical (unpaired) electrons. The third kappa shape index (κ3) is 6.32. The van der Waals surface area contributed by atoms with Gasteiger partial charge < -0.3 is 14.8 Å². The van der Waals surface area contributed by atoms with Crippen LogP contribution < -0.4 is 5.32 Å². The van der Waals surface area contributed by atoms with E-state index in [4.69, 9.17) is 15.9 Å². The summed E-state index contributed by atoms with van der Waals surface area (Å²) in [5.74, 6) is 1.75. The van der Waals surface area contributed by atoms with Crippen molar-refractivity contribution in [2.24, 2.45) is 0 Å². The van der Waals surface area contributed by atoms with Gasteiger partial charge in [-0.15, -0.1) is 6.42 Å². The van der Waals surface area contributed by atoms with Gasteiger partial charge in [-0.05, 0) is 30.2 Å². The van der Waals surface area contributed by atoms with Gasteiger partial charge in [0.05, 0.1) is 13.2 Å². The highest BCUT2D eigenvalue weighted by Gasteiger charge is 2.04. The first-order valence-corrected chi connectivity index (χ1v) is 6.24. The second-order valence-corrected chi connectivity index (χ2v) is 4.16. The van der Waals surface area contributed by atoms with Crippen molar-refractivity contribution in [3.8, 4) is 12.3 Å². The first-order valence-electron chi connectivity index (χ1n) is 6.24. The first kappa shape index (κ1) is 16.2. The maximum Gasteiger partial charge on any atom is 0.246 e. The van der Waals surface area contributed by atoms with Crippen molar-refractivity contribution in [1.82, 2.24) is 5.32 Å². The van der Waals surface area contributed by atoms with Crippen LogP contribution >= 0.6 is 0 Å². The number of ether oxygens (including phenoxy) is 2. The van der Waals surface area contributed by atoms with E-state index in [1.165, 1.54) is 12.1 Å². The molecule has 1 aromatic carbocycles. The Balaban J connectivity index is 2.20. The van der Waals surface area contributed by atoms with Gasteiger partial charge in [0.1, 0.15) is 19.0 Å². The number of halogens is 1. The number of carbonyl (C=O) groups is 1. The maximum atomic E-state index is 13.1. The first-order chi connectivity index (χ1) is 9.63. The Hall–Kier alpha value is -1.90. The molecule has 0 unspecified atom stereocenters. The molecule has 0 aliphatic rings.